The lowest BCUT2D eigenvalue weighted by Gasteiger charge is -2.57. The van der Waals surface area contributed by atoms with Crippen LogP contribution in [0.4, 0.5) is 0 Å². The molecule has 162 valence electrons. The highest BCUT2D eigenvalue weighted by atomic mass is 16.6. The molecule has 2 saturated heterocycles. The van der Waals surface area contributed by atoms with Gasteiger partial charge in [-0.1, -0.05) is 25.5 Å². The fourth-order valence-electron chi connectivity index (χ4n) is 8.59. The summed E-state index contributed by atoms with van der Waals surface area (Å²) in [4.78, 5) is 37.4. The molecule has 2 aliphatic heterocycles. The van der Waals surface area contributed by atoms with E-state index in [0.29, 0.717) is 19.3 Å². The molecule has 8 atom stereocenters. The Bertz CT molecular complexity index is 907. The van der Waals surface area contributed by atoms with E-state index in [-0.39, 0.29) is 46.5 Å². The molecule has 0 bridgehead atoms. The fourth-order valence-corrected chi connectivity index (χ4v) is 8.59. The summed E-state index contributed by atoms with van der Waals surface area (Å²) in [5.74, 6) is -0.292. The van der Waals surface area contributed by atoms with E-state index in [9.17, 15) is 14.4 Å². The minimum atomic E-state index is -0.430. The summed E-state index contributed by atoms with van der Waals surface area (Å²) in [6.07, 6.45) is 7.74. The molecule has 2 heterocycles. The van der Waals surface area contributed by atoms with Crippen LogP contribution in [0.15, 0.2) is 11.6 Å². The summed E-state index contributed by atoms with van der Waals surface area (Å²) >= 11 is 0. The number of carbonyl (C=O) groups excluding carboxylic acids is 3. The van der Waals surface area contributed by atoms with Crippen molar-refractivity contribution in [1.82, 2.24) is 0 Å². The third kappa shape index (κ3) is 1.94. The van der Waals surface area contributed by atoms with Gasteiger partial charge in [0.05, 0.1) is 19.1 Å². The van der Waals surface area contributed by atoms with Gasteiger partial charge in [0.15, 0.2) is 0 Å². The highest BCUT2D eigenvalue weighted by molar-refractivity contribution is 5.84. The Labute approximate surface area is 176 Å². The molecule has 0 aromatic heterocycles. The van der Waals surface area contributed by atoms with Crippen molar-refractivity contribution in [3.05, 3.63) is 11.6 Å². The number of ketones is 1. The molecular weight excluding hydrogens is 384 g/mol. The normalized spacial score (nSPS) is 53.2. The predicted molar refractivity (Wildman–Crippen MR) is 105 cm³/mol. The second-order valence-electron chi connectivity index (χ2n) is 10.9. The number of fused-ring (bicyclic) bond motifs is 4. The minimum absolute atomic E-state index is 0.00525. The summed E-state index contributed by atoms with van der Waals surface area (Å²) in [5.41, 5.74) is -0.191. The van der Waals surface area contributed by atoms with Gasteiger partial charge in [-0.25, -0.2) is 0 Å². The number of carbonyl (C=O) groups is 3. The van der Waals surface area contributed by atoms with E-state index < -0.39 is 17.1 Å². The molecule has 0 aromatic carbocycles. The van der Waals surface area contributed by atoms with Crippen molar-refractivity contribution in [3.8, 4) is 0 Å². The monoisotopic (exact) mass is 414 g/mol. The van der Waals surface area contributed by atoms with Crippen LogP contribution in [0.2, 0.25) is 0 Å². The molecule has 0 amide bonds. The van der Waals surface area contributed by atoms with Gasteiger partial charge in [0, 0.05) is 36.0 Å². The fraction of sp³-hybridized carbons (Fsp3) is 0.792. The molecule has 2 spiro atoms. The van der Waals surface area contributed by atoms with Gasteiger partial charge in [0.25, 0.3) is 0 Å². The third-order valence-electron chi connectivity index (χ3n) is 10.2. The van der Waals surface area contributed by atoms with E-state index >= 15 is 0 Å². The van der Waals surface area contributed by atoms with Crippen LogP contribution in [0.1, 0.15) is 65.2 Å². The topological polar surface area (TPSA) is 82.2 Å². The molecule has 6 aliphatic rings. The van der Waals surface area contributed by atoms with Crippen molar-refractivity contribution in [2.45, 2.75) is 82.5 Å². The molecule has 0 aromatic rings. The zero-order valence-electron chi connectivity index (χ0n) is 18.0. The molecule has 6 rings (SSSR count). The average molecular weight is 414 g/mol. The molecule has 0 radical (unpaired) electrons. The quantitative estimate of drug-likeness (QED) is 0.372. The van der Waals surface area contributed by atoms with Crippen molar-refractivity contribution in [2.24, 2.45) is 28.6 Å². The maximum atomic E-state index is 13.0. The van der Waals surface area contributed by atoms with E-state index in [2.05, 4.69) is 19.9 Å². The average Bonchev–Trinajstić information content (AvgIpc) is 3.20. The van der Waals surface area contributed by atoms with Gasteiger partial charge in [0.1, 0.15) is 17.0 Å². The van der Waals surface area contributed by atoms with Crippen LogP contribution in [-0.2, 0) is 28.6 Å². The number of methoxy groups -OCH3 is 1. The van der Waals surface area contributed by atoms with Crippen LogP contribution in [0.25, 0.3) is 0 Å². The first-order valence-corrected chi connectivity index (χ1v) is 11.4. The van der Waals surface area contributed by atoms with Crippen molar-refractivity contribution >= 4 is 17.7 Å². The molecule has 5 fully saturated rings. The molecule has 3 saturated carbocycles. The van der Waals surface area contributed by atoms with Gasteiger partial charge < -0.3 is 14.2 Å². The Balaban J connectivity index is 1.50. The summed E-state index contributed by atoms with van der Waals surface area (Å²) in [6.45, 7) is 4.50. The molecular formula is C24H30O6. The zero-order chi connectivity index (χ0) is 21.1. The molecule has 6 heteroatoms. The maximum absolute atomic E-state index is 13.0. The molecule has 6 nitrogen and oxygen atoms in total. The highest BCUT2D eigenvalue weighted by Gasteiger charge is 2.83. The summed E-state index contributed by atoms with van der Waals surface area (Å²) in [7, 11) is 1.44. The van der Waals surface area contributed by atoms with Crippen molar-refractivity contribution < 1.29 is 28.6 Å². The lowest BCUT2D eigenvalue weighted by atomic mass is 9.44. The van der Waals surface area contributed by atoms with Gasteiger partial charge in [-0.15, -0.1) is 0 Å². The Morgan fingerprint density at radius 3 is 2.67 bits per heavy atom. The maximum Gasteiger partial charge on any atom is 0.312 e. The Morgan fingerprint density at radius 2 is 1.97 bits per heavy atom. The van der Waals surface area contributed by atoms with Gasteiger partial charge in [-0.2, -0.15) is 0 Å². The molecule has 4 aliphatic carbocycles. The van der Waals surface area contributed by atoms with Crippen LogP contribution in [0.5, 0.6) is 0 Å². The number of rotatable bonds is 1. The first-order valence-electron chi connectivity index (χ1n) is 11.4. The SMILES string of the molecule is COC(=O)[C@@H]1C=C2CC(=O)CC[C@]2(C)C23OC2C[C@@]2(C)C(CCC24CCC(=O)O4)[C@H]13. The minimum Gasteiger partial charge on any atom is -0.469 e. The van der Waals surface area contributed by atoms with Crippen LogP contribution in [-0.4, -0.2) is 42.1 Å². The molecule has 30 heavy (non-hydrogen) atoms. The second-order valence-corrected chi connectivity index (χ2v) is 10.9. The Kier molecular flexibility index (Phi) is 3.53. The lowest BCUT2D eigenvalue weighted by Crippen LogP contribution is -2.62. The van der Waals surface area contributed by atoms with Crippen molar-refractivity contribution in [1.29, 1.82) is 0 Å². The summed E-state index contributed by atoms with van der Waals surface area (Å²) < 4.78 is 17.9. The van der Waals surface area contributed by atoms with Crippen LogP contribution < -0.4 is 0 Å². The van der Waals surface area contributed by atoms with Crippen LogP contribution in [0, 0.1) is 28.6 Å². The second kappa shape index (κ2) is 5.56. The summed E-state index contributed by atoms with van der Waals surface area (Å²) in [5, 5.41) is 0. The number of hydrogen-bond donors (Lipinski definition) is 0. The van der Waals surface area contributed by atoms with E-state index in [1.54, 1.807) is 0 Å². The number of esters is 2. The van der Waals surface area contributed by atoms with Gasteiger partial charge >= 0.3 is 11.9 Å². The predicted octanol–water partition coefficient (Wildman–Crippen LogP) is 3.12. The number of hydrogen-bond acceptors (Lipinski definition) is 6. The summed E-state index contributed by atoms with van der Waals surface area (Å²) in [6, 6.07) is 0. The zero-order valence-corrected chi connectivity index (χ0v) is 18.0. The molecule has 4 unspecified atom stereocenters. The lowest BCUT2D eigenvalue weighted by molar-refractivity contribution is -0.169. The standard InChI is InChI=1S/C24H30O6/c1-21-7-4-14(25)10-13(21)11-15(20(27)28-3)19-16-5-8-23(9-6-18(26)30-23)22(16,2)12-17-24(19,21)29-17/h11,15-17,19H,4-10,12H2,1-3H3/t15-,16?,17?,19+,21+,22+,23?,24?/m1/s1. The first kappa shape index (κ1) is 19.0. The van der Waals surface area contributed by atoms with Crippen molar-refractivity contribution in [3.63, 3.8) is 0 Å². The molecule has 0 N–H and O–H groups in total. The van der Waals surface area contributed by atoms with E-state index in [1.807, 2.05) is 0 Å². The van der Waals surface area contributed by atoms with Crippen LogP contribution >= 0.6 is 0 Å². The van der Waals surface area contributed by atoms with Gasteiger partial charge in [-0.3, -0.25) is 14.4 Å². The van der Waals surface area contributed by atoms with Gasteiger partial charge in [-0.05, 0) is 38.0 Å². The van der Waals surface area contributed by atoms with Crippen LogP contribution in [0.3, 0.4) is 0 Å². The smallest absolute Gasteiger partial charge is 0.312 e. The van der Waals surface area contributed by atoms with E-state index in [4.69, 9.17) is 14.2 Å². The van der Waals surface area contributed by atoms with E-state index in [0.717, 1.165) is 37.7 Å². The third-order valence-corrected chi connectivity index (χ3v) is 10.2. The highest BCUT2D eigenvalue weighted by Crippen LogP contribution is 2.77. The number of Topliss-reactive ketones (excluding diaryl/α,β-unsaturated/α-hetero) is 1. The number of epoxide rings is 1. The Morgan fingerprint density at radius 1 is 1.17 bits per heavy atom. The van der Waals surface area contributed by atoms with Gasteiger partial charge in [0.2, 0.25) is 0 Å². The number of ether oxygens (including phenoxy) is 3. The van der Waals surface area contributed by atoms with Crippen molar-refractivity contribution in [2.75, 3.05) is 7.11 Å². The van der Waals surface area contributed by atoms with E-state index in [1.165, 1.54) is 7.11 Å². The Hall–Kier alpha value is -1.69. The largest absolute Gasteiger partial charge is 0.469 e. The first-order chi connectivity index (χ1) is 14.2.